The van der Waals surface area contributed by atoms with Gasteiger partial charge in [-0.25, -0.2) is 9.59 Å². The minimum Gasteiger partial charge on any atom is -0.447 e. The summed E-state index contributed by atoms with van der Waals surface area (Å²) in [4.78, 5) is 42.7. The molecule has 212 valence electrons. The minimum atomic E-state index is -1.12. The molecule has 0 fully saturated rings. The van der Waals surface area contributed by atoms with E-state index >= 15 is 0 Å². The van der Waals surface area contributed by atoms with Crippen LogP contribution in [0.4, 0.5) is 4.79 Å². The molecule has 2 aromatic rings. The monoisotopic (exact) mass is 541 g/mol. The van der Waals surface area contributed by atoms with Crippen molar-refractivity contribution in [2.45, 2.75) is 45.4 Å². The molecule has 0 heterocycles. The summed E-state index contributed by atoms with van der Waals surface area (Å²) in [6.45, 7) is 5.53. The van der Waals surface area contributed by atoms with Gasteiger partial charge in [-0.15, -0.1) is 0 Å². The van der Waals surface area contributed by atoms with Gasteiger partial charge in [-0.2, -0.15) is 0 Å². The van der Waals surface area contributed by atoms with Gasteiger partial charge < -0.3 is 31.0 Å². The molecule has 0 radical (unpaired) electrons. The molecule has 11 heteroatoms. The van der Waals surface area contributed by atoms with Crippen molar-refractivity contribution in [1.82, 2.24) is 10.2 Å². The molecule has 2 aromatic carbocycles. The van der Waals surface area contributed by atoms with E-state index in [9.17, 15) is 14.4 Å². The molecule has 2 rings (SSSR count). The first-order valence-corrected chi connectivity index (χ1v) is 12.8. The molecule has 11 nitrogen and oxygen atoms in total. The summed E-state index contributed by atoms with van der Waals surface area (Å²) in [6.07, 6.45) is -0.00213. The van der Waals surface area contributed by atoms with Crippen molar-refractivity contribution in [3.8, 4) is 0 Å². The number of rotatable bonds is 15. The van der Waals surface area contributed by atoms with Crippen LogP contribution in [0, 0.1) is 0 Å². The first-order chi connectivity index (χ1) is 18.6. The van der Waals surface area contributed by atoms with E-state index < -0.39 is 29.6 Å². The first-order valence-electron chi connectivity index (χ1n) is 12.8. The van der Waals surface area contributed by atoms with E-state index in [2.05, 4.69) is 10.3 Å². The molecule has 0 aliphatic carbocycles. The lowest BCUT2D eigenvalue weighted by atomic mass is 10.1. The third-order valence-corrected chi connectivity index (χ3v) is 5.37. The van der Waals surface area contributed by atoms with Gasteiger partial charge in [0.25, 0.3) is 0 Å². The smallest absolute Gasteiger partial charge is 0.412 e. The average Bonchev–Trinajstić information content (AvgIpc) is 2.92. The van der Waals surface area contributed by atoms with Gasteiger partial charge in [0.2, 0.25) is 5.91 Å². The molecule has 0 aliphatic heterocycles. The highest BCUT2D eigenvalue weighted by Crippen LogP contribution is 2.05. The summed E-state index contributed by atoms with van der Waals surface area (Å²) in [5.74, 6) is -0.843. The number of carbonyl (C=O) groups excluding carboxylic acids is 3. The normalized spacial score (nSPS) is 12.4. The van der Waals surface area contributed by atoms with Crippen LogP contribution in [-0.2, 0) is 25.6 Å². The molecule has 39 heavy (non-hydrogen) atoms. The van der Waals surface area contributed by atoms with Gasteiger partial charge in [0.1, 0.15) is 18.5 Å². The number of amides is 2. The van der Waals surface area contributed by atoms with E-state index in [0.717, 1.165) is 5.56 Å². The van der Waals surface area contributed by atoms with Gasteiger partial charge in [0, 0.05) is 6.54 Å². The SMILES string of the molecule is CCCN(COC(=O)c1ccccc1)C(=O)OCCN=C(N)[C@@H](COCc1ccccc1)NC(=O)C(C)(C)N. The number of amidine groups is 1. The zero-order valence-corrected chi connectivity index (χ0v) is 22.8. The highest BCUT2D eigenvalue weighted by molar-refractivity contribution is 5.93. The summed E-state index contributed by atoms with van der Waals surface area (Å²) in [6, 6.07) is 17.3. The average molecular weight is 542 g/mol. The number of benzene rings is 2. The molecule has 0 aromatic heterocycles. The van der Waals surface area contributed by atoms with Crippen LogP contribution in [0.3, 0.4) is 0 Å². The maximum atomic E-state index is 12.5. The molecule has 0 aliphatic rings. The van der Waals surface area contributed by atoms with E-state index in [1.807, 2.05) is 37.3 Å². The molecule has 0 saturated heterocycles. The van der Waals surface area contributed by atoms with Gasteiger partial charge in [-0.1, -0.05) is 55.5 Å². The number of hydrogen-bond donors (Lipinski definition) is 3. The Labute approximate surface area is 229 Å². The number of ether oxygens (including phenoxy) is 3. The molecular weight excluding hydrogens is 502 g/mol. The van der Waals surface area contributed by atoms with Crippen LogP contribution in [0.5, 0.6) is 0 Å². The Morgan fingerprint density at radius 2 is 1.67 bits per heavy atom. The van der Waals surface area contributed by atoms with E-state index in [-0.39, 0.29) is 32.3 Å². The zero-order valence-electron chi connectivity index (χ0n) is 22.8. The number of esters is 1. The summed E-state index contributed by atoms with van der Waals surface area (Å²) in [7, 11) is 0. The van der Waals surface area contributed by atoms with E-state index in [1.54, 1.807) is 44.2 Å². The zero-order chi connectivity index (χ0) is 28.7. The van der Waals surface area contributed by atoms with Crippen molar-refractivity contribution in [1.29, 1.82) is 0 Å². The number of hydrogen-bond acceptors (Lipinski definition) is 8. The fourth-order valence-corrected chi connectivity index (χ4v) is 3.20. The molecule has 0 spiro atoms. The van der Waals surface area contributed by atoms with Gasteiger partial charge in [0.15, 0.2) is 6.73 Å². The minimum absolute atomic E-state index is 0.0540. The van der Waals surface area contributed by atoms with Crippen molar-refractivity contribution >= 4 is 23.8 Å². The van der Waals surface area contributed by atoms with Crippen LogP contribution < -0.4 is 16.8 Å². The first kappa shape index (κ1) is 31.3. The van der Waals surface area contributed by atoms with Crippen molar-refractivity contribution in [2.24, 2.45) is 16.5 Å². The number of nitrogens with two attached hydrogens (primary N) is 2. The number of carbonyl (C=O) groups is 3. The quantitative estimate of drug-likeness (QED) is 0.102. The molecule has 0 unspecified atom stereocenters. The third-order valence-electron chi connectivity index (χ3n) is 5.37. The number of aliphatic imine (C=N–C) groups is 1. The van der Waals surface area contributed by atoms with E-state index in [1.165, 1.54) is 4.90 Å². The Morgan fingerprint density at radius 3 is 2.28 bits per heavy atom. The van der Waals surface area contributed by atoms with Gasteiger partial charge in [-0.3, -0.25) is 14.7 Å². The van der Waals surface area contributed by atoms with Crippen molar-refractivity contribution < 1.29 is 28.6 Å². The van der Waals surface area contributed by atoms with Crippen molar-refractivity contribution in [3.05, 3.63) is 71.8 Å². The lowest BCUT2D eigenvalue weighted by Gasteiger charge is -2.24. The van der Waals surface area contributed by atoms with Gasteiger partial charge >= 0.3 is 12.1 Å². The second kappa shape index (κ2) is 16.1. The predicted octanol–water partition coefficient (Wildman–Crippen LogP) is 2.45. The van der Waals surface area contributed by atoms with Gasteiger partial charge in [-0.05, 0) is 38.0 Å². The van der Waals surface area contributed by atoms with Crippen LogP contribution in [0.2, 0.25) is 0 Å². The maximum Gasteiger partial charge on any atom is 0.412 e. The molecule has 5 N–H and O–H groups in total. The predicted molar refractivity (Wildman–Crippen MR) is 148 cm³/mol. The second-order valence-electron chi connectivity index (χ2n) is 9.36. The lowest BCUT2D eigenvalue weighted by Crippen LogP contribution is -2.56. The van der Waals surface area contributed by atoms with Crippen molar-refractivity contribution in [3.63, 3.8) is 0 Å². The standard InChI is InChI=1S/C28H39N5O6/c1-4-16-33(20-39-25(34)22-13-9-6-10-14-22)27(36)38-17-15-31-24(29)23(32-26(35)28(2,3)30)19-37-18-21-11-7-5-8-12-21/h5-14,23H,4,15-20,30H2,1-3H3,(H2,29,31)(H,32,35)/t23-/m1/s1. The Balaban J connectivity index is 1.89. The largest absolute Gasteiger partial charge is 0.447 e. The Morgan fingerprint density at radius 1 is 1.03 bits per heavy atom. The van der Waals surface area contributed by atoms with Crippen LogP contribution >= 0.6 is 0 Å². The molecule has 1 atom stereocenters. The fourth-order valence-electron chi connectivity index (χ4n) is 3.20. The van der Waals surface area contributed by atoms with Crippen molar-refractivity contribution in [2.75, 3.05) is 33.0 Å². The van der Waals surface area contributed by atoms with Crippen LogP contribution in [-0.4, -0.2) is 73.3 Å². The lowest BCUT2D eigenvalue weighted by molar-refractivity contribution is -0.125. The summed E-state index contributed by atoms with van der Waals surface area (Å²) in [5.41, 5.74) is 12.3. The topological polar surface area (TPSA) is 159 Å². The summed E-state index contributed by atoms with van der Waals surface area (Å²) in [5, 5.41) is 2.76. The Hall–Kier alpha value is -3.96. The molecule has 0 bridgehead atoms. The maximum absolute atomic E-state index is 12.5. The molecule has 0 saturated carbocycles. The molecule has 2 amide bonds. The number of nitrogens with one attached hydrogen (secondary N) is 1. The Kier molecular flexibility index (Phi) is 12.9. The van der Waals surface area contributed by atoms with E-state index in [0.29, 0.717) is 25.1 Å². The van der Waals surface area contributed by atoms with Crippen LogP contribution in [0.1, 0.15) is 43.1 Å². The highest BCUT2D eigenvalue weighted by atomic mass is 16.6. The fraction of sp³-hybridized carbons (Fsp3) is 0.429. The summed E-state index contributed by atoms with van der Waals surface area (Å²) >= 11 is 0. The molecular formula is C28H39N5O6. The Bertz CT molecular complexity index is 1070. The van der Waals surface area contributed by atoms with Gasteiger partial charge in [0.05, 0.1) is 30.9 Å². The number of nitrogens with zero attached hydrogens (tertiary/aromatic N) is 2. The highest BCUT2D eigenvalue weighted by Gasteiger charge is 2.26. The van der Waals surface area contributed by atoms with Crippen LogP contribution in [0.15, 0.2) is 65.7 Å². The second-order valence-corrected chi connectivity index (χ2v) is 9.36. The third kappa shape index (κ3) is 11.5. The van der Waals surface area contributed by atoms with Crippen LogP contribution in [0.25, 0.3) is 0 Å². The summed E-state index contributed by atoms with van der Waals surface area (Å²) < 4.78 is 16.3. The van der Waals surface area contributed by atoms with E-state index in [4.69, 9.17) is 25.7 Å².